The molecule has 0 radical (unpaired) electrons. The van der Waals surface area contributed by atoms with E-state index in [1.807, 2.05) is 31.2 Å². The first-order chi connectivity index (χ1) is 9.48. The third-order valence-corrected chi connectivity index (χ3v) is 4.56. The molecule has 3 N–H and O–H groups in total. The molecular formula is C15H23ClN2OS. The van der Waals surface area contributed by atoms with Crippen LogP contribution in [0.2, 0.25) is 5.02 Å². The number of hydrogen-bond donors (Lipinski definition) is 2. The topological polar surface area (TPSA) is 55.1 Å². The zero-order chi connectivity index (χ0) is 15.0. The first kappa shape index (κ1) is 17.3. The Kier molecular flexibility index (Phi) is 7.41. The summed E-state index contributed by atoms with van der Waals surface area (Å²) in [4.78, 5) is 12.8. The number of benzene rings is 1. The van der Waals surface area contributed by atoms with E-state index in [2.05, 4.69) is 12.2 Å². The lowest BCUT2D eigenvalue weighted by Gasteiger charge is -2.27. The fourth-order valence-electron chi connectivity index (χ4n) is 1.85. The lowest BCUT2D eigenvalue weighted by Crippen LogP contribution is -2.53. The number of carbonyl (C=O) groups is 1. The van der Waals surface area contributed by atoms with Gasteiger partial charge < -0.3 is 11.1 Å². The van der Waals surface area contributed by atoms with E-state index in [0.29, 0.717) is 0 Å². The van der Waals surface area contributed by atoms with Crippen molar-refractivity contribution in [1.29, 1.82) is 0 Å². The van der Waals surface area contributed by atoms with Crippen molar-refractivity contribution in [1.82, 2.24) is 5.32 Å². The van der Waals surface area contributed by atoms with E-state index in [-0.39, 0.29) is 5.91 Å². The maximum absolute atomic E-state index is 11.6. The monoisotopic (exact) mass is 314 g/mol. The summed E-state index contributed by atoms with van der Waals surface area (Å²) in [5.74, 6) is 0.681. The van der Waals surface area contributed by atoms with Crippen LogP contribution in [-0.4, -0.2) is 23.7 Å². The minimum atomic E-state index is -0.601. The zero-order valence-electron chi connectivity index (χ0n) is 12.1. The van der Waals surface area contributed by atoms with Crippen molar-refractivity contribution < 1.29 is 4.79 Å². The number of rotatable bonds is 9. The van der Waals surface area contributed by atoms with Gasteiger partial charge >= 0.3 is 0 Å². The van der Waals surface area contributed by atoms with Gasteiger partial charge in [0, 0.05) is 9.92 Å². The smallest absolute Gasteiger partial charge is 0.237 e. The Morgan fingerprint density at radius 1 is 1.40 bits per heavy atom. The molecule has 0 fully saturated rings. The van der Waals surface area contributed by atoms with E-state index in [1.165, 1.54) is 4.90 Å². The lowest BCUT2D eigenvalue weighted by atomic mass is 9.95. The van der Waals surface area contributed by atoms with Gasteiger partial charge in [-0.1, -0.05) is 18.5 Å². The van der Waals surface area contributed by atoms with Gasteiger partial charge in [0.05, 0.1) is 5.54 Å². The van der Waals surface area contributed by atoms with E-state index in [0.717, 1.165) is 36.6 Å². The fourth-order valence-corrected chi connectivity index (χ4v) is 2.83. The molecule has 0 saturated heterocycles. The summed E-state index contributed by atoms with van der Waals surface area (Å²) in [6, 6.07) is 7.80. The van der Waals surface area contributed by atoms with E-state index in [1.54, 1.807) is 11.8 Å². The van der Waals surface area contributed by atoms with E-state index < -0.39 is 5.54 Å². The van der Waals surface area contributed by atoms with Crippen LogP contribution in [0, 0.1) is 0 Å². The highest BCUT2D eigenvalue weighted by Crippen LogP contribution is 2.23. The Bertz CT molecular complexity index is 424. The standard InChI is InChI=1S/C15H23ClN2OS/c1-3-10-18-15(2,14(17)19)9-4-11-20-13-7-5-12(16)6-8-13/h5-8,18H,3-4,9-11H2,1-2H3,(H2,17,19). The minimum Gasteiger partial charge on any atom is -0.368 e. The Morgan fingerprint density at radius 3 is 2.60 bits per heavy atom. The number of thioether (sulfide) groups is 1. The Morgan fingerprint density at radius 2 is 2.05 bits per heavy atom. The Labute approximate surface area is 130 Å². The summed E-state index contributed by atoms with van der Waals surface area (Å²) in [7, 11) is 0. The number of carbonyl (C=O) groups excluding carboxylic acids is 1. The van der Waals surface area contributed by atoms with Crippen molar-refractivity contribution in [3.8, 4) is 0 Å². The van der Waals surface area contributed by atoms with Crippen LogP contribution >= 0.6 is 23.4 Å². The highest BCUT2D eigenvalue weighted by molar-refractivity contribution is 7.99. The first-order valence-corrected chi connectivity index (χ1v) is 8.27. The SMILES string of the molecule is CCCNC(C)(CCCSc1ccc(Cl)cc1)C(N)=O. The molecule has 1 aromatic carbocycles. The number of hydrogen-bond acceptors (Lipinski definition) is 3. The Hall–Kier alpha value is -0.710. The van der Waals surface area contributed by atoms with Gasteiger partial charge in [0.1, 0.15) is 0 Å². The molecule has 0 saturated carbocycles. The van der Waals surface area contributed by atoms with Crippen LogP contribution in [0.15, 0.2) is 29.2 Å². The molecule has 0 aliphatic rings. The number of nitrogens with two attached hydrogens (primary N) is 1. The summed E-state index contributed by atoms with van der Waals surface area (Å²) in [5.41, 5.74) is 4.90. The summed E-state index contributed by atoms with van der Waals surface area (Å²) < 4.78 is 0. The summed E-state index contributed by atoms with van der Waals surface area (Å²) in [6.45, 7) is 4.77. The van der Waals surface area contributed by atoms with Crippen LogP contribution in [0.25, 0.3) is 0 Å². The van der Waals surface area contributed by atoms with Crippen LogP contribution in [0.4, 0.5) is 0 Å². The van der Waals surface area contributed by atoms with Crippen molar-refractivity contribution >= 4 is 29.3 Å². The van der Waals surface area contributed by atoms with Crippen molar-refractivity contribution in [2.75, 3.05) is 12.3 Å². The highest BCUT2D eigenvalue weighted by Gasteiger charge is 2.29. The number of amides is 1. The Balaban J connectivity index is 2.37. The molecule has 1 unspecified atom stereocenters. The molecule has 3 nitrogen and oxygen atoms in total. The minimum absolute atomic E-state index is 0.276. The second-order valence-electron chi connectivity index (χ2n) is 5.03. The third-order valence-electron chi connectivity index (χ3n) is 3.21. The fraction of sp³-hybridized carbons (Fsp3) is 0.533. The lowest BCUT2D eigenvalue weighted by molar-refractivity contribution is -0.124. The van der Waals surface area contributed by atoms with Crippen LogP contribution in [-0.2, 0) is 4.79 Å². The number of nitrogens with one attached hydrogen (secondary N) is 1. The molecule has 0 aliphatic carbocycles. The number of halogens is 1. The van der Waals surface area contributed by atoms with Crippen LogP contribution in [0.1, 0.15) is 33.1 Å². The average Bonchev–Trinajstić information content (AvgIpc) is 2.43. The van der Waals surface area contributed by atoms with Gasteiger partial charge in [-0.05, 0) is 62.7 Å². The van der Waals surface area contributed by atoms with Gasteiger partial charge in [0.2, 0.25) is 5.91 Å². The van der Waals surface area contributed by atoms with Gasteiger partial charge in [0.15, 0.2) is 0 Å². The number of primary amides is 1. The van der Waals surface area contributed by atoms with Crippen molar-refractivity contribution in [3.63, 3.8) is 0 Å². The second-order valence-corrected chi connectivity index (χ2v) is 6.63. The van der Waals surface area contributed by atoms with Gasteiger partial charge in [0.25, 0.3) is 0 Å². The van der Waals surface area contributed by atoms with E-state index >= 15 is 0 Å². The zero-order valence-corrected chi connectivity index (χ0v) is 13.7. The molecule has 5 heteroatoms. The van der Waals surface area contributed by atoms with Crippen molar-refractivity contribution in [3.05, 3.63) is 29.3 Å². The molecule has 20 heavy (non-hydrogen) atoms. The largest absolute Gasteiger partial charge is 0.368 e. The molecule has 0 bridgehead atoms. The third kappa shape index (κ3) is 5.73. The molecule has 1 amide bonds. The maximum atomic E-state index is 11.6. The first-order valence-electron chi connectivity index (χ1n) is 6.91. The van der Waals surface area contributed by atoms with Gasteiger partial charge in [-0.3, -0.25) is 4.79 Å². The van der Waals surface area contributed by atoms with Gasteiger partial charge in [-0.2, -0.15) is 0 Å². The molecule has 0 aliphatic heterocycles. The maximum Gasteiger partial charge on any atom is 0.237 e. The molecule has 1 aromatic rings. The highest BCUT2D eigenvalue weighted by atomic mass is 35.5. The quantitative estimate of drug-likeness (QED) is 0.542. The van der Waals surface area contributed by atoms with Gasteiger partial charge in [-0.25, -0.2) is 0 Å². The summed E-state index contributed by atoms with van der Waals surface area (Å²) >= 11 is 7.61. The molecule has 112 valence electrons. The summed E-state index contributed by atoms with van der Waals surface area (Å²) in [6.07, 6.45) is 2.68. The summed E-state index contributed by atoms with van der Waals surface area (Å²) in [5, 5.41) is 4.00. The van der Waals surface area contributed by atoms with Crippen molar-refractivity contribution in [2.45, 2.75) is 43.5 Å². The predicted octanol–water partition coefficient (Wildman–Crippen LogP) is 3.46. The molecule has 0 aromatic heterocycles. The van der Waals surface area contributed by atoms with E-state index in [4.69, 9.17) is 17.3 Å². The average molecular weight is 315 g/mol. The van der Waals surface area contributed by atoms with Crippen LogP contribution in [0.5, 0.6) is 0 Å². The normalized spacial score (nSPS) is 13.9. The molecule has 0 heterocycles. The van der Waals surface area contributed by atoms with E-state index in [9.17, 15) is 4.79 Å². The molecule has 1 rings (SSSR count). The molecule has 0 spiro atoms. The molecular weight excluding hydrogens is 292 g/mol. The van der Waals surface area contributed by atoms with Crippen LogP contribution < -0.4 is 11.1 Å². The predicted molar refractivity (Wildman–Crippen MR) is 87.3 cm³/mol. The van der Waals surface area contributed by atoms with Gasteiger partial charge in [-0.15, -0.1) is 11.8 Å². The second kappa shape index (κ2) is 8.55. The van der Waals surface area contributed by atoms with Crippen molar-refractivity contribution in [2.24, 2.45) is 5.73 Å². The molecule has 1 atom stereocenters. The van der Waals surface area contributed by atoms with Crippen LogP contribution in [0.3, 0.4) is 0 Å².